The van der Waals surface area contributed by atoms with Crippen LogP contribution < -0.4 is 5.32 Å². The van der Waals surface area contributed by atoms with Gasteiger partial charge in [0.05, 0.1) is 10.5 Å². The lowest BCUT2D eigenvalue weighted by molar-refractivity contribution is 0.102. The van der Waals surface area contributed by atoms with Crippen LogP contribution >= 0.6 is 11.8 Å². The van der Waals surface area contributed by atoms with E-state index in [9.17, 15) is 13.2 Å². The minimum atomic E-state index is -3.55. The number of anilines is 1. The largest absolute Gasteiger partial charge is 0.322 e. The molecule has 0 aliphatic rings. The zero-order chi connectivity index (χ0) is 18.6. The van der Waals surface area contributed by atoms with Crippen molar-refractivity contribution in [1.82, 2.24) is 4.31 Å². The fraction of sp³-hybridized carbons (Fsp3) is 0.278. The zero-order valence-electron chi connectivity index (χ0n) is 14.7. The first-order chi connectivity index (χ1) is 11.7. The lowest BCUT2D eigenvalue weighted by Gasteiger charge is -2.14. The van der Waals surface area contributed by atoms with Gasteiger partial charge in [0.2, 0.25) is 10.0 Å². The number of hydrogen-bond donors (Lipinski definition) is 1. The maximum absolute atomic E-state index is 12.6. The predicted octanol–water partition coefficient (Wildman–Crippen LogP) is 3.69. The van der Waals surface area contributed by atoms with Gasteiger partial charge in [-0.3, -0.25) is 4.79 Å². The van der Waals surface area contributed by atoms with E-state index in [1.54, 1.807) is 30.0 Å². The normalized spacial score (nSPS) is 11.8. The van der Waals surface area contributed by atoms with Crippen molar-refractivity contribution in [3.05, 3.63) is 54.1 Å². The van der Waals surface area contributed by atoms with Crippen LogP contribution in [0.3, 0.4) is 0 Å². The van der Waals surface area contributed by atoms with E-state index in [2.05, 4.69) is 19.2 Å². The summed E-state index contributed by atoms with van der Waals surface area (Å²) >= 11 is 1.61. The first-order valence-electron chi connectivity index (χ1n) is 7.81. The van der Waals surface area contributed by atoms with Crippen molar-refractivity contribution in [2.24, 2.45) is 0 Å². The number of nitrogens with one attached hydrogen (secondary N) is 1. The van der Waals surface area contributed by atoms with Crippen molar-refractivity contribution in [2.45, 2.75) is 28.9 Å². The fourth-order valence-electron chi connectivity index (χ4n) is 2.15. The molecule has 0 aliphatic heterocycles. The molecule has 2 aromatic rings. The number of carbonyl (C=O) groups is 1. The Morgan fingerprint density at radius 1 is 1.08 bits per heavy atom. The number of rotatable bonds is 6. The van der Waals surface area contributed by atoms with E-state index >= 15 is 0 Å². The maximum atomic E-state index is 12.6. The predicted molar refractivity (Wildman–Crippen MR) is 103 cm³/mol. The standard InChI is InChI=1S/C18H22N2O3S2/c1-13(2)24-17-11-6-5-10-16(17)18(21)19-14-8-7-9-15(12-14)25(22,23)20(3)4/h5-13H,1-4H3,(H,19,21). The molecule has 0 fully saturated rings. The van der Waals surface area contributed by atoms with Crippen molar-refractivity contribution >= 4 is 33.4 Å². The summed E-state index contributed by atoms with van der Waals surface area (Å²) in [5, 5.41) is 3.14. The van der Waals surface area contributed by atoms with E-state index in [0.29, 0.717) is 16.5 Å². The summed E-state index contributed by atoms with van der Waals surface area (Å²) in [6.07, 6.45) is 0. The Kier molecular flexibility index (Phi) is 6.26. The molecule has 2 aromatic carbocycles. The molecule has 1 amide bonds. The van der Waals surface area contributed by atoms with E-state index in [4.69, 9.17) is 0 Å². The zero-order valence-corrected chi connectivity index (χ0v) is 16.3. The average molecular weight is 379 g/mol. The molecule has 0 atom stereocenters. The van der Waals surface area contributed by atoms with Crippen LogP contribution in [0.15, 0.2) is 58.3 Å². The molecule has 0 radical (unpaired) electrons. The summed E-state index contributed by atoms with van der Waals surface area (Å²) in [7, 11) is -0.602. The third kappa shape index (κ3) is 4.84. The highest BCUT2D eigenvalue weighted by Crippen LogP contribution is 2.27. The monoisotopic (exact) mass is 378 g/mol. The number of sulfonamides is 1. The number of benzene rings is 2. The maximum Gasteiger partial charge on any atom is 0.256 e. The van der Waals surface area contributed by atoms with Gasteiger partial charge in [-0.15, -0.1) is 11.8 Å². The van der Waals surface area contributed by atoms with Gasteiger partial charge in [0, 0.05) is 29.9 Å². The van der Waals surface area contributed by atoms with Gasteiger partial charge in [-0.25, -0.2) is 12.7 Å². The second kappa shape index (κ2) is 8.03. The van der Waals surface area contributed by atoms with Gasteiger partial charge in [-0.2, -0.15) is 0 Å². The lowest BCUT2D eigenvalue weighted by Crippen LogP contribution is -2.22. The van der Waals surface area contributed by atoms with Crippen LogP contribution in [0, 0.1) is 0 Å². The number of hydrogen-bond acceptors (Lipinski definition) is 4. The van der Waals surface area contributed by atoms with E-state index < -0.39 is 10.0 Å². The Morgan fingerprint density at radius 2 is 1.76 bits per heavy atom. The number of amides is 1. The number of carbonyl (C=O) groups excluding carboxylic acids is 1. The van der Waals surface area contributed by atoms with Crippen LogP contribution in [-0.4, -0.2) is 38.0 Å². The minimum Gasteiger partial charge on any atom is -0.322 e. The molecular weight excluding hydrogens is 356 g/mol. The van der Waals surface area contributed by atoms with Crippen LogP contribution in [0.5, 0.6) is 0 Å². The van der Waals surface area contributed by atoms with Gasteiger partial charge in [0.15, 0.2) is 0 Å². The highest BCUT2D eigenvalue weighted by Gasteiger charge is 2.18. The van der Waals surface area contributed by atoms with Crippen LogP contribution in [-0.2, 0) is 10.0 Å². The fourth-order valence-corrected chi connectivity index (χ4v) is 4.06. The van der Waals surface area contributed by atoms with Gasteiger partial charge in [0.1, 0.15) is 0 Å². The summed E-state index contributed by atoms with van der Waals surface area (Å²) in [4.78, 5) is 13.7. The molecule has 0 bridgehead atoms. The smallest absolute Gasteiger partial charge is 0.256 e. The molecule has 1 N–H and O–H groups in total. The molecule has 0 aromatic heterocycles. The summed E-state index contributed by atoms with van der Waals surface area (Å²) in [6.45, 7) is 4.13. The van der Waals surface area contributed by atoms with Gasteiger partial charge in [0.25, 0.3) is 5.91 Å². The van der Waals surface area contributed by atoms with Gasteiger partial charge < -0.3 is 5.32 Å². The Balaban J connectivity index is 2.28. The molecule has 5 nitrogen and oxygen atoms in total. The van der Waals surface area contributed by atoms with Crippen LogP contribution in [0.1, 0.15) is 24.2 Å². The highest BCUT2D eigenvalue weighted by atomic mass is 32.2. The van der Waals surface area contributed by atoms with Gasteiger partial charge in [-0.1, -0.05) is 32.0 Å². The molecule has 134 valence electrons. The second-order valence-corrected chi connectivity index (χ2v) is 9.70. The second-order valence-electron chi connectivity index (χ2n) is 5.93. The Labute approximate surface area is 153 Å². The van der Waals surface area contributed by atoms with E-state index in [1.807, 2.05) is 18.2 Å². The topological polar surface area (TPSA) is 66.5 Å². The van der Waals surface area contributed by atoms with Crippen LogP contribution in [0.4, 0.5) is 5.69 Å². The molecular formula is C18H22N2O3S2. The summed E-state index contributed by atoms with van der Waals surface area (Å²) < 4.78 is 25.6. The minimum absolute atomic E-state index is 0.139. The SMILES string of the molecule is CC(C)Sc1ccccc1C(=O)Nc1cccc(S(=O)(=O)N(C)C)c1. The van der Waals surface area contributed by atoms with Crippen molar-refractivity contribution in [1.29, 1.82) is 0 Å². The Hall–Kier alpha value is -1.83. The van der Waals surface area contributed by atoms with E-state index in [-0.39, 0.29) is 10.8 Å². The molecule has 0 unspecified atom stereocenters. The third-order valence-electron chi connectivity index (χ3n) is 3.36. The number of nitrogens with zero attached hydrogens (tertiary/aromatic N) is 1. The van der Waals surface area contributed by atoms with Crippen LogP contribution in [0.2, 0.25) is 0 Å². The molecule has 0 heterocycles. The van der Waals surface area contributed by atoms with Crippen molar-refractivity contribution < 1.29 is 13.2 Å². The van der Waals surface area contributed by atoms with Crippen molar-refractivity contribution in [2.75, 3.05) is 19.4 Å². The Bertz CT molecular complexity index is 862. The molecule has 25 heavy (non-hydrogen) atoms. The Morgan fingerprint density at radius 3 is 2.40 bits per heavy atom. The lowest BCUT2D eigenvalue weighted by atomic mass is 10.2. The first kappa shape index (κ1) is 19.5. The molecule has 0 saturated heterocycles. The molecule has 7 heteroatoms. The third-order valence-corrected chi connectivity index (χ3v) is 6.26. The summed E-state index contributed by atoms with van der Waals surface area (Å²) in [5.74, 6) is -0.261. The molecule has 0 saturated carbocycles. The van der Waals surface area contributed by atoms with Gasteiger partial charge >= 0.3 is 0 Å². The van der Waals surface area contributed by atoms with Crippen molar-refractivity contribution in [3.63, 3.8) is 0 Å². The first-order valence-corrected chi connectivity index (χ1v) is 10.1. The molecule has 0 spiro atoms. The molecule has 2 rings (SSSR count). The average Bonchev–Trinajstić information content (AvgIpc) is 2.54. The van der Waals surface area contributed by atoms with Gasteiger partial charge in [-0.05, 0) is 30.3 Å². The van der Waals surface area contributed by atoms with Crippen LogP contribution in [0.25, 0.3) is 0 Å². The van der Waals surface area contributed by atoms with Crippen molar-refractivity contribution in [3.8, 4) is 0 Å². The van der Waals surface area contributed by atoms with E-state index in [1.165, 1.54) is 26.2 Å². The quantitative estimate of drug-likeness (QED) is 0.779. The highest BCUT2D eigenvalue weighted by molar-refractivity contribution is 8.00. The van der Waals surface area contributed by atoms with E-state index in [0.717, 1.165) is 9.20 Å². The summed E-state index contributed by atoms with van der Waals surface area (Å²) in [5.41, 5.74) is 1.01. The summed E-state index contributed by atoms with van der Waals surface area (Å²) in [6, 6.07) is 13.6. The molecule has 0 aliphatic carbocycles. The number of thioether (sulfide) groups is 1.